The Hall–Kier alpha value is -3.45. The van der Waals surface area contributed by atoms with Crippen LogP contribution in [0.4, 0.5) is 47.0 Å². The molecule has 3 heterocycles. The molecule has 2 aromatic rings. The zero-order valence-electron chi connectivity index (χ0n) is 17.7. The highest BCUT2D eigenvalue weighted by molar-refractivity contribution is 5.99. The van der Waals surface area contributed by atoms with E-state index >= 15 is 0 Å². The second-order valence-corrected chi connectivity index (χ2v) is 7.84. The van der Waals surface area contributed by atoms with Crippen LogP contribution in [0.1, 0.15) is 25.1 Å². The fourth-order valence-corrected chi connectivity index (χ4v) is 3.37. The molecule has 1 aliphatic rings. The Morgan fingerprint density at radius 3 is 2.29 bits per heavy atom. The zero-order chi connectivity index (χ0) is 25.4. The summed E-state index contributed by atoms with van der Waals surface area (Å²) in [5.74, 6) is -2.96. The largest absolute Gasteiger partial charge is 0.433 e. The summed E-state index contributed by atoms with van der Waals surface area (Å²) < 4.78 is 90.6. The first-order chi connectivity index (χ1) is 15.7. The van der Waals surface area contributed by atoms with Gasteiger partial charge >= 0.3 is 18.4 Å². The number of nitrogens with zero attached hydrogens (tertiary/aromatic N) is 4. The summed E-state index contributed by atoms with van der Waals surface area (Å²) in [5.41, 5.74) is -2.51. The lowest BCUT2D eigenvalue weighted by Crippen LogP contribution is -2.42. The average Bonchev–Trinajstić information content (AvgIpc) is 3.03. The average molecular weight is 493 g/mol. The minimum atomic E-state index is -4.82. The Balaban J connectivity index is 1.76. The van der Waals surface area contributed by atoms with Crippen molar-refractivity contribution in [2.24, 2.45) is 5.92 Å². The van der Waals surface area contributed by atoms with E-state index in [1.165, 1.54) is 0 Å². The van der Waals surface area contributed by atoms with E-state index in [1.54, 1.807) is 13.8 Å². The number of alkyl halides is 6. The summed E-state index contributed by atoms with van der Waals surface area (Å²) >= 11 is 0. The third kappa shape index (κ3) is 5.37. The molecule has 0 aromatic carbocycles. The Bertz CT molecular complexity index is 1070. The zero-order valence-corrected chi connectivity index (χ0v) is 17.7. The molecule has 3 rings (SSSR count). The van der Waals surface area contributed by atoms with Crippen molar-refractivity contribution in [3.63, 3.8) is 0 Å². The molecule has 0 unspecified atom stereocenters. The first-order valence-electron chi connectivity index (χ1n) is 9.82. The van der Waals surface area contributed by atoms with Gasteiger partial charge in [-0.3, -0.25) is 9.69 Å². The number of nitrogens with one attached hydrogen (secondary N) is 1. The summed E-state index contributed by atoms with van der Waals surface area (Å²) in [7, 11) is 0. The quantitative estimate of drug-likeness (QED) is 0.620. The predicted octanol–water partition coefficient (Wildman–Crippen LogP) is 4.56. The Morgan fingerprint density at radius 1 is 1.12 bits per heavy atom. The van der Waals surface area contributed by atoms with Gasteiger partial charge in [-0.05, 0) is 24.1 Å². The fraction of sp³-hybridized carbons (Fsp3) is 0.400. The molecule has 14 heteroatoms. The topological polar surface area (TPSA) is 78.4 Å². The molecule has 1 fully saturated rings. The predicted molar refractivity (Wildman–Crippen MR) is 105 cm³/mol. The van der Waals surface area contributed by atoms with Crippen molar-refractivity contribution in [2.75, 3.05) is 23.3 Å². The maximum atomic E-state index is 14.4. The number of halogens is 7. The van der Waals surface area contributed by atoms with Crippen molar-refractivity contribution < 1.29 is 40.3 Å². The number of urea groups is 1. The Labute approximate surface area is 188 Å². The van der Waals surface area contributed by atoms with Crippen LogP contribution in [0.5, 0.6) is 0 Å². The van der Waals surface area contributed by atoms with Crippen LogP contribution in [-0.4, -0.2) is 45.9 Å². The fourth-order valence-electron chi connectivity index (χ4n) is 3.37. The van der Waals surface area contributed by atoms with Crippen molar-refractivity contribution in [2.45, 2.75) is 32.2 Å². The first-order valence-corrected chi connectivity index (χ1v) is 9.82. The van der Waals surface area contributed by atoms with Gasteiger partial charge in [-0.25, -0.2) is 19.2 Å². The second-order valence-electron chi connectivity index (χ2n) is 7.84. The molecule has 0 spiro atoms. The number of anilines is 2. The second kappa shape index (κ2) is 9.06. The molecule has 0 aliphatic carbocycles. The van der Waals surface area contributed by atoms with E-state index < -0.39 is 59.8 Å². The number of carbonyl (C=O) groups excluding carboxylic acids is 2. The molecule has 34 heavy (non-hydrogen) atoms. The van der Waals surface area contributed by atoms with Gasteiger partial charge in [0.1, 0.15) is 12.2 Å². The molecule has 3 amide bonds. The van der Waals surface area contributed by atoms with Gasteiger partial charge in [0.2, 0.25) is 5.91 Å². The minimum Gasteiger partial charge on any atom is -0.323 e. The van der Waals surface area contributed by atoms with Gasteiger partial charge in [-0.2, -0.15) is 26.3 Å². The lowest BCUT2D eigenvalue weighted by atomic mass is 10.0. The number of aromatic nitrogens is 2. The van der Waals surface area contributed by atoms with Crippen LogP contribution >= 0.6 is 0 Å². The van der Waals surface area contributed by atoms with Gasteiger partial charge in [0.15, 0.2) is 11.6 Å². The summed E-state index contributed by atoms with van der Waals surface area (Å²) in [4.78, 5) is 34.0. The van der Waals surface area contributed by atoms with E-state index in [2.05, 4.69) is 15.3 Å². The molecule has 1 N–H and O–H groups in total. The van der Waals surface area contributed by atoms with E-state index in [4.69, 9.17) is 0 Å². The van der Waals surface area contributed by atoms with Crippen LogP contribution in [0.3, 0.4) is 0 Å². The lowest BCUT2D eigenvalue weighted by molar-refractivity contribution is -0.141. The van der Waals surface area contributed by atoms with Crippen molar-refractivity contribution in [1.29, 1.82) is 0 Å². The van der Waals surface area contributed by atoms with Crippen molar-refractivity contribution >= 4 is 23.4 Å². The van der Waals surface area contributed by atoms with Gasteiger partial charge in [0.05, 0.1) is 30.0 Å². The van der Waals surface area contributed by atoms with E-state index in [1.807, 2.05) is 0 Å². The van der Waals surface area contributed by atoms with Crippen molar-refractivity contribution in [1.82, 2.24) is 14.9 Å². The van der Waals surface area contributed by atoms with E-state index in [-0.39, 0.29) is 24.2 Å². The Morgan fingerprint density at radius 2 is 1.79 bits per heavy atom. The van der Waals surface area contributed by atoms with E-state index in [0.717, 1.165) is 22.1 Å². The van der Waals surface area contributed by atoms with Crippen LogP contribution in [0.25, 0.3) is 0 Å². The third-order valence-corrected chi connectivity index (χ3v) is 5.07. The van der Waals surface area contributed by atoms with Gasteiger partial charge < -0.3 is 10.2 Å². The van der Waals surface area contributed by atoms with E-state index in [9.17, 15) is 40.3 Å². The molecule has 1 saturated heterocycles. The SMILES string of the molecule is CC(C)[C@H]1CN(c2ncc(C(F)(F)F)cc2F)C(=O)N1CC(=O)Nc1ccc(C(F)(F)F)nc1. The highest BCUT2D eigenvalue weighted by Gasteiger charge is 2.42. The molecule has 2 aromatic heterocycles. The Kier molecular flexibility index (Phi) is 6.71. The lowest BCUT2D eigenvalue weighted by Gasteiger charge is -2.25. The van der Waals surface area contributed by atoms with Gasteiger partial charge in [0.25, 0.3) is 0 Å². The molecule has 7 nitrogen and oxygen atoms in total. The smallest absolute Gasteiger partial charge is 0.323 e. The molecule has 0 radical (unpaired) electrons. The normalized spacial score (nSPS) is 17.0. The number of rotatable bonds is 5. The molecular formula is C20H18F7N5O2. The molecule has 0 saturated carbocycles. The van der Waals surface area contributed by atoms with Crippen LogP contribution in [0.15, 0.2) is 30.6 Å². The monoisotopic (exact) mass is 493 g/mol. The summed E-state index contributed by atoms with van der Waals surface area (Å²) in [5, 5.41) is 2.32. The summed E-state index contributed by atoms with van der Waals surface area (Å²) in [6.07, 6.45) is -8.26. The number of pyridine rings is 2. The maximum Gasteiger partial charge on any atom is 0.433 e. The number of carbonyl (C=O) groups is 2. The first kappa shape index (κ1) is 25.2. The van der Waals surface area contributed by atoms with Crippen LogP contribution in [0, 0.1) is 11.7 Å². The third-order valence-electron chi connectivity index (χ3n) is 5.07. The van der Waals surface area contributed by atoms with E-state index in [0.29, 0.717) is 12.3 Å². The summed E-state index contributed by atoms with van der Waals surface area (Å²) in [6, 6.07) is 0.423. The maximum absolute atomic E-state index is 14.4. The number of hydrogen-bond acceptors (Lipinski definition) is 4. The highest BCUT2D eigenvalue weighted by Crippen LogP contribution is 2.33. The van der Waals surface area contributed by atoms with Crippen LogP contribution in [0.2, 0.25) is 0 Å². The molecule has 184 valence electrons. The van der Waals surface area contributed by atoms with Crippen molar-refractivity contribution in [3.8, 4) is 0 Å². The standard InChI is InChI=1S/C20H18F7N5O2/c1-10(2)14-8-32(17-13(21)5-11(6-29-17)19(22,23)24)18(34)31(14)9-16(33)30-12-3-4-15(28-7-12)20(25,26)27/h3-7,10,14H,8-9H2,1-2H3,(H,30,33)/t14-/m1/s1. The van der Waals surface area contributed by atoms with Gasteiger partial charge in [-0.15, -0.1) is 0 Å². The molecule has 1 atom stereocenters. The van der Waals surface area contributed by atoms with Crippen molar-refractivity contribution in [3.05, 3.63) is 47.7 Å². The minimum absolute atomic E-state index is 0.0435. The number of amides is 3. The van der Waals surface area contributed by atoms with Gasteiger partial charge in [0, 0.05) is 6.20 Å². The summed E-state index contributed by atoms with van der Waals surface area (Å²) in [6.45, 7) is 2.77. The number of hydrogen-bond donors (Lipinski definition) is 1. The molecule has 0 bridgehead atoms. The van der Waals surface area contributed by atoms with Crippen LogP contribution in [-0.2, 0) is 17.1 Å². The van der Waals surface area contributed by atoms with Crippen LogP contribution < -0.4 is 10.2 Å². The molecule has 1 aliphatic heterocycles. The highest BCUT2D eigenvalue weighted by atomic mass is 19.4. The molecular weight excluding hydrogens is 475 g/mol. The van der Waals surface area contributed by atoms with Gasteiger partial charge in [-0.1, -0.05) is 13.8 Å².